The summed E-state index contributed by atoms with van der Waals surface area (Å²) in [5.74, 6) is 4.97. The smallest absolute Gasteiger partial charge is 0.357 e. The minimum atomic E-state index is -0.389. The summed E-state index contributed by atoms with van der Waals surface area (Å²) in [5.41, 5.74) is 3.09. The van der Waals surface area contributed by atoms with Gasteiger partial charge in [-0.3, -0.25) is 0 Å². The number of hydrogen-bond acceptors (Lipinski definition) is 5. The van der Waals surface area contributed by atoms with Crippen molar-refractivity contribution in [2.75, 3.05) is 13.2 Å². The molecule has 1 heterocycles. The van der Waals surface area contributed by atoms with Crippen LogP contribution in [0.2, 0.25) is 0 Å². The van der Waals surface area contributed by atoms with Gasteiger partial charge < -0.3 is 4.74 Å². The zero-order chi connectivity index (χ0) is 8.27. The summed E-state index contributed by atoms with van der Waals surface area (Å²) in [6.07, 6.45) is 1.68. The molecule has 0 aliphatic carbocycles. The maximum absolute atomic E-state index is 11.0. The summed E-state index contributed by atoms with van der Waals surface area (Å²) in [5, 5.41) is 1.16. The number of rotatable bonds is 2. The van der Waals surface area contributed by atoms with Gasteiger partial charge in [-0.25, -0.2) is 21.2 Å². The summed E-state index contributed by atoms with van der Waals surface area (Å²) in [7, 11) is 0. The van der Waals surface area contributed by atoms with Gasteiger partial charge in [0.05, 0.1) is 6.61 Å². The summed E-state index contributed by atoms with van der Waals surface area (Å²) < 4.78 is 4.73. The van der Waals surface area contributed by atoms with E-state index in [2.05, 4.69) is 5.43 Å². The van der Waals surface area contributed by atoms with Gasteiger partial charge in [0.15, 0.2) is 5.70 Å². The number of carbonyl (C=O) groups excluding carboxylic acids is 1. The number of nitrogens with two attached hydrogens (primary N) is 1. The first-order valence-corrected chi connectivity index (χ1v) is 3.41. The Kier molecular flexibility index (Phi) is 2.45. The Labute approximate surface area is 64.7 Å². The topological polar surface area (TPSA) is 67.6 Å². The van der Waals surface area contributed by atoms with Crippen LogP contribution < -0.4 is 11.3 Å². The van der Waals surface area contributed by atoms with E-state index in [1.165, 1.54) is 0 Å². The van der Waals surface area contributed by atoms with E-state index < -0.39 is 0 Å². The third-order valence-electron chi connectivity index (χ3n) is 1.30. The fourth-order valence-corrected chi connectivity index (χ4v) is 0.811. The number of ether oxygens (including phenoxy) is 1. The first-order chi connectivity index (χ1) is 5.25. The Hall–Kier alpha value is -1.07. The predicted molar refractivity (Wildman–Crippen MR) is 38.7 cm³/mol. The minimum absolute atomic E-state index is 0.365. The van der Waals surface area contributed by atoms with Gasteiger partial charge in [-0.1, -0.05) is 0 Å². The van der Waals surface area contributed by atoms with E-state index in [1.807, 2.05) is 0 Å². The van der Waals surface area contributed by atoms with Crippen LogP contribution in [-0.4, -0.2) is 24.2 Å². The standard InChI is InChI=1S/C6H11N3O2/c1-2-11-6(10)5-3-4-8-9(5)7/h3,8H,2,4,7H2,1H3. The largest absolute Gasteiger partial charge is 0.461 e. The maximum Gasteiger partial charge on any atom is 0.357 e. The van der Waals surface area contributed by atoms with E-state index in [0.29, 0.717) is 18.8 Å². The van der Waals surface area contributed by atoms with Gasteiger partial charge in [-0.2, -0.15) is 0 Å². The van der Waals surface area contributed by atoms with Gasteiger partial charge in [0.2, 0.25) is 0 Å². The highest BCUT2D eigenvalue weighted by atomic mass is 16.5. The Balaban J connectivity index is 2.52. The monoisotopic (exact) mass is 157 g/mol. The molecule has 0 amide bonds. The first-order valence-electron chi connectivity index (χ1n) is 3.41. The molecular formula is C6H11N3O2. The van der Waals surface area contributed by atoms with Crippen molar-refractivity contribution in [2.45, 2.75) is 6.92 Å². The molecular weight excluding hydrogens is 146 g/mol. The highest BCUT2D eigenvalue weighted by molar-refractivity contribution is 5.87. The Morgan fingerprint density at radius 2 is 2.73 bits per heavy atom. The number of hydrogen-bond donors (Lipinski definition) is 2. The van der Waals surface area contributed by atoms with Crippen LogP contribution in [0, 0.1) is 0 Å². The van der Waals surface area contributed by atoms with E-state index in [1.54, 1.807) is 13.0 Å². The van der Waals surface area contributed by atoms with Crippen molar-refractivity contribution in [3.8, 4) is 0 Å². The molecule has 0 spiro atoms. The molecule has 3 N–H and O–H groups in total. The van der Waals surface area contributed by atoms with Crippen LogP contribution in [0.25, 0.3) is 0 Å². The Bertz CT molecular complexity index is 190. The zero-order valence-corrected chi connectivity index (χ0v) is 6.33. The van der Waals surface area contributed by atoms with Crippen molar-refractivity contribution in [1.82, 2.24) is 10.5 Å². The molecule has 11 heavy (non-hydrogen) atoms. The fourth-order valence-electron chi connectivity index (χ4n) is 0.811. The van der Waals surface area contributed by atoms with Crippen molar-refractivity contribution in [3.05, 3.63) is 11.8 Å². The highest BCUT2D eigenvalue weighted by Gasteiger charge is 2.19. The van der Waals surface area contributed by atoms with Gasteiger partial charge in [0.1, 0.15) is 0 Å². The van der Waals surface area contributed by atoms with E-state index in [9.17, 15) is 4.79 Å². The highest BCUT2D eigenvalue weighted by Crippen LogP contribution is 2.03. The Morgan fingerprint density at radius 1 is 2.00 bits per heavy atom. The molecule has 0 unspecified atom stereocenters. The van der Waals surface area contributed by atoms with Crippen molar-refractivity contribution in [3.63, 3.8) is 0 Å². The fraction of sp³-hybridized carbons (Fsp3) is 0.500. The lowest BCUT2D eigenvalue weighted by molar-refractivity contribution is -0.140. The lowest BCUT2D eigenvalue weighted by atomic mass is 10.4. The summed E-state index contributed by atoms with van der Waals surface area (Å²) >= 11 is 0. The molecule has 0 saturated heterocycles. The lowest BCUT2D eigenvalue weighted by Gasteiger charge is -2.13. The van der Waals surface area contributed by atoms with Crippen LogP contribution in [0.1, 0.15) is 6.92 Å². The Morgan fingerprint density at radius 3 is 3.18 bits per heavy atom. The van der Waals surface area contributed by atoms with Crippen LogP contribution in [0.5, 0.6) is 0 Å². The number of nitrogens with one attached hydrogen (secondary N) is 1. The number of esters is 1. The molecule has 0 aromatic heterocycles. The van der Waals surface area contributed by atoms with Gasteiger partial charge in [0, 0.05) is 6.54 Å². The average Bonchev–Trinajstić information content (AvgIpc) is 2.36. The van der Waals surface area contributed by atoms with Gasteiger partial charge in [0.25, 0.3) is 0 Å². The molecule has 1 rings (SSSR count). The number of nitrogens with zero attached hydrogens (tertiary/aromatic N) is 1. The predicted octanol–water partition coefficient (Wildman–Crippen LogP) is -0.873. The van der Waals surface area contributed by atoms with Gasteiger partial charge >= 0.3 is 5.97 Å². The molecule has 5 nitrogen and oxygen atoms in total. The molecule has 1 aliphatic heterocycles. The second-order valence-electron chi connectivity index (χ2n) is 2.04. The number of hydrazine groups is 2. The second kappa shape index (κ2) is 3.36. The lowest BCUT2D eigenvalue weighted by Crippen LogP contribution is -2.40. The van der Waals surface area contributed by atoms with E-state index in [-0.39, 0.29) is 5.97 Å². The van der Waals surface area contributed by atoms with Crippen LogP contribution in [0.4, 0.5) is 0 Å². The molecule has 0 aromatic carbocycles. The van der Waals surface area contributed by atoms with Crippen molar-refractivity contribution in [1.29, 1.82) is 0 Å². The summed E-state index contributed by atoms with van der Waals surface area (Å²) in [6, 6.07) is 0. The summed E-state index contributed by atoms with van der Waals surface area (Å²) in [4.78, 5) is 11.0. The second-order valence-corrected chi connectivity index (χ2v) is 2.04. The molecule has 62 valence electrons. The first kappa shape index (κ1) is 8.03. The third kappa shape index (κ3) is 1.69. The van der Waals surface area contributed by atoms with Crippen LogP contribution in [0.3, 0.4) is 0 Å². The third-order valence-corrected chi connectivity index (χ3v) is 1.30. The van der Waals surface area contributed by atoms with Crippen LogP contribution in [-0.2, 0) is 9.53 Å². The molecule has 0 atom stereocenters. The molecule has 0 bridgehead atoms. The van der Waals surface area contributed by atoms with E-state index >= 15 is 0 Å². The van der Waals surface area contributed by atoms with Crippen molar-refractivity contribution < 1.29 is 9.53 Å². The van der Waals surface area contributed by atoms with Crippen LogP contribution in [0.15, 0.2) is 11.8 Å². The van der Waals surface area contributed by atoms with Crippen molar-refractivity contribution >= 4 is 5.97 Å². The molecule has 0 fully saturated rings. The van der Waals surface area contributed by atoms with E-state index in [0.717, 1.165) is 5.12 Å². The van der Waals surface area contributed by atoms with Gasteiger partial charge in [-0.15, -0.1) is 0 Å². The normalized spacial score (nSPS) is 16.5. The number of carbonyl (C=O) groups is 1. The average molecular weight is 157 g/mol. The quantitative estimate of drug-likeness (QED) is 0.403. The maximum atomic E-state index is 11.0. The SMILES string of the molecule is CCOC(=O)C1=CCNN1N. The molecule has 1 aliphatic rings. The van der Waals surface area contributed by atoms with Crippen molar-refractivity contribution in [2.24, 2.45) is 5.84 Å². The van der Waals surface area contributed by atoms with E-state index in [4.69, 9.17) is 10.6 Å². The zero-order valence-electron chi connectivity index (χ0n) is 6.33. The summed E-state index contributed by atoms with van der Waals surface area (Å²) in [6.45, 7) is 2.69. The van der Waals surface area contributed by atoms with Crippen LogP contribution >= 0.6 is 0 Å². The minimum Gasteiger partial charge on any atom is -0.461 e. The molecule has 0 saturated carbocycles. The van der Waals surface area contributed by atoms with Gasteiger partial charge in [-0.05, 0) is 13.0 Å². The molecule has 0 aromatic rings. The molecule has 0 radical (unpaired) electrons. The molecule has 5 heteroatoms.